The zero-order valence-corrected chi connectivity index (χ0v) is 14.1. The number of rotatable bonds is 5. The maximum Gasteiger partial charge on any atom is 0.161 e. The zero-order chi connectivity index (χ0) is 14.5. The summed E-state index contributed by atoms with van der Waals surface area (Å²) in [6.45, 7) is 5.20. The molecule has 1 unspecified atom stereocenters. The third-order valence-corrected chi connectivity index (χ3v) is 4.31. The Bertz CT molecular complexity index is 442. The molecule has 1 aliphatic heterocycles. The highest BCUT2D eigenvalue weighted by molar-refractivity contribution is 9.10. The van der Waals surface area contributed by atoms with Crippen LogP contribution in [0.3, 0.4) is 0 Å². The maximum atomic E-state index is 5.85. The Morgan fingerprint density at radius 3 is 2.70 bits per heavy atom. The van der Waals surface area contributed by atoms with Crippen LogP contribution in [0.15, 0.2) is 16.6 Å². The van der Waals surface area contributed by atoms with Crippen LogP contribution in [-0.2, 0) is 6.42 Å². The second-order valence-corrected chi connectivity index (χ2v) is 6.47. The van der Waals surface area contributed by atoms with Crippen molar-refractivity contribution in [2.75, 3.05) is 13.7 Å². The number of benzene rings is 1. The molecular formula is C16H24BrNO2. The SMILES string of the molecule is COc1cc(Br)c(CC2CCCCN2)cc1OC(C)C. The van der Waals surface area contributed by atoms with Crippen LogP contribution in [0.2, 0.25) is 0 Å². The fourth-order valence-electron chi connectivity index (χ4n) is 2.60. The first kappa shape index (κ1) is 15.6. The van der Waals surface area contributed by atoms with Crippen molar-refractivity contribution in [2.24, 2.45) is 0 Å². The van der Waals surface area contributed by atoms with Gasteiger partial charge in [0.2, 0.25) is 0 Å². The molecule has 3 nitrogen and oxygen atoms in total. The molecule has 1 saturated heterocycles. The molecule has 2 rings (SSSR count). The summed E-state index contributed by atoms with van der Waals surface area (Å²) < 4.78 is 12.4. The third kappa shape index (κ3) is 4.13. The fraction of sp³-hybridized carbons (Fsp3) is 0.625. The minimum Gasteiger partial charge on any atom is -0.493 e. The lowest BCUT2D eigenvalue weighted by atomic mass is 9.97. The summed E-state index contributed by atoms with van der Waals surface area (Å²) in [7, 11) is 1.68. The molecule has 20 heavy (non-hydrogen) atoms. The number of nitrogens with one attached hydrogen (secondary N) is 1. The number of piperidine rings is 1. The Morgan fingerprint density at radius 2 is 2.10 bits per heavy atom. The molecule has 0 aromatic heterocycles. The van der Waals surface area contributed by atoms with Gasteiger partial charge in [-0.15, -0.1) is 0 Å². The van der Waals surface area contributed by atoms with E-state index in [0.29, 0.717) is 6.04 Å². The van der Waals surface area contributed by atoms with E-state index >= 15 is 0 Å². The van der Waals surface area contributed by atoms with Crippen molar-refractivity contribution < 1.29 is 9.47 Å². The smallest absolute Gasteiger partial charge is 0.161 e. The first-order chi connectivity index (χ1) is 9.60. The largest absolute Gasteiger partial charge is 0.493 e. The quantitative estimate of drug-likeness (QED) is 0.880. The Balaban J connectivity index is 2.18. The van der Waals surface area contributed by atoms with Gasteiger partial charge in [0, 0.05) is 10.5 Å². The van der Waals surface area contributed by atoms with E-state index in [1.807, 2.05) is 19.9 Å². The average molecular weight is 342 g/mol. The van der Waals surface area contributed by atoms with Gasteiger partial charge in [-0.05, 0) is 57.4 Å². The van der Waals surface area contributed by atoms with Crippen LogP contribution >= 0.6 is 15.9 Å². The normalized spacial score (nSPS) is 19.1. The van der Waals surface area contributed by atoms with Gasteiger partial charge in [0.25, 0.3) is 0 Å². The van der Waals surface area contributed by atoms with E-state index in [0.717, 1.165) is 28.9 Å². The van der Waals surface area contributed by atoms with Crippen molar-refractivity contribution in [3.8, 4) is 11.5 Å². The Kier molecular flexibility index (Phi) is 5.73. The van der Waals surface area contributed by atoms with Crippen LogP contribution in [-0.4, -0.2) is 25.8 Å². The number of methoxy groups -OCH3 is 1. The second-order valence-electron chi connectivity index (χ2n) is 5.61. The summed E-state index contributed by atoms with van der Waals surface area (Å²) in [5.74, 6) is 1.61. The monoisotopic (exact) mass is 341 g/mol. The van der Waals surface area contributed by atoms with Crippen LogP contribution < -0.4 is 14.8 Å². The van der Waals surface area contributed by atoms with Crippen LogP contribution in [0.4, 0.5) is 0 Å². The standard InChI is InChI=1S/C16H24BrNO2/c1-11(2)20-16-9-12(14(17)10-15(16)19-3)8-13-6-4-5-7-18-13/h9-11,13,18H,4-8H2,1-3H3. The fourth-order valence-corrected chi connectivity index (χ4v) is 3.09. The molecule has 1 N–H and O–H groups in total. The first-order valence-corrected chi connectivity index (χ1v) is 8.16. The highest BCUT2D eigenvalue weighted by Crippen LogP contribution is 2.35. The molecule has 4 heteroatoms. The number of hydrogen-bond donors (Lipinski definition) is 1. The van der Waals surface area contributed by atoms with Crippen molar-refractivity contribution in [3.63, 3.8) is 0 Å². The Hall–Kier alpha value is -0.740. The summed E-state index contributed by atoms with van der Waals surface area (Å²) in [6, 6.07) is 4.69. The summed E-state index contributed by atoms with van der Waals surface area (Å²) in [4.78, 5) is 0. The molecule has 0 bridgehead atoms. The molecular weight excluding hydrogens is 318 g/mol. The highest BCUT2D eigenvalue weighted by Gasteiger charge is 2.17. The minimum absolute atomic E-state index is 0.144. The van der Waals surface area contributed by atoms with Crippen LogP contribution in [0.1, 0.15) is 38.7 Å². The van der Waals surface area contributed by atoms with E-state index in [9.17, 15) is 0 Å². The van der Waals surface area contributed by atoms with Gasteiger partial charge in [0.15, 0.2) is 11.5 Å². The molecule has 112 valence electrons. The van der Waals surface area contributed by atoms with E-state index in [1.165, 1.54) is 24.8 Å². The van der Waals surface area contributed by atoms with Crippen molar-refractivity contribution in [1.29, 1.82) is 0 Å². The Labute approximate surface area is 130 Å². The van der Waals surface area contributed by atoms with Crippen molar-refractivity contribution in [3.05, 3.63) is 22.2 Å². The van der Waals surface area contributed by atoms with Crippen molar-refractivity contribution >= 4 is 15.9 Å². The minimum atomic E-state index is 0.144. The summed E-state index contributed by atoms with van der Waals surface area (Å²) in [6.07, 6.45) is 5.03. The van der Waals surface area contributed by atoms with Crippen molar-refractivity contribution in [1.82, 2.24) is 5.32 Å². The number of halogens is 1. The van der Waals surface area contributed by atoms with Gasteiger partial charge >= 0.3 is 0 Å². The molecule has 1 heterocycles. The third-order valence-electron chi connectivity index (χ3n) is 3.57. The van der Waals surface area contributed by atoms with E-state index in [1.54, 1.807) is 7.11 Å². The first-order valence-electron chi connectivity index (χ1n) is 7.36. The van der Waals surface area contributed by atoms with Gasteiger partial charge in [0.05, 0.1) is 13.2 Å². The van der Waals surface area contributed by atoms with Crippen LogP contribution in [0.25, 0.3) is 0 Å². The van der Waals surface area contributed by atoms with Gasteiger partial charge in [0.1, 0.15) is 0 Å². The lowest BCUT2D eigenvalue weighted by Crippen LogP contribution is -2.35. The molecule has 0 aliphatic carbocycles. The second kappa shape index (κ2) is 7.32. The molecule has 0 saturated carbocycles. The van der Waals surface area contributed by atoms with E-state index in [4.69, 9.17) is 9.47 Å². The molecule has 1 aliphatic rings. The lowest BCUT2D eigenvalue weighted by Gasteiger charge is -2.24. The van der Waals surface area contributed by atoms with Crippen LogP contribution in [0.5, 0.6) is 11.5 Å². The molecule has 0 spiro atoms. The summed E-state index contributed by atoms with van der Waals surface area (Å²) >= 11 is 3.65. The van der Waals surface area contributed by atoms with E-state index in [-0.39, 0.29) is 6.10 Å². The van der Waals surface area contributed by atoms with Crippen molar-refractivity contribution in [2.45, 2.75) is 51.7 Å². The molecule has 1 atom stereocenters. The van der Waals surface area contributed by atoms with E-state index < -0.39 is 0 Å². The van der Waals surface area contributed by atoms with Crippen LogP contribution in [0, 0.1) is 0 Å². The maximum absolute atomic E-state index is 5.85. The molecule has 0 radical (unpaired) electrons. The summed E-state index contributed by atoms with van der Waals surface area (Å²) in [5, 5.41) is 3.59. The predicted octanol–water partition coefficient (Wildman–Crippen LogP) is 3.93. The number of ether oxygens (including phenoxy) is 2. The van der Waals surface area contributed by atoms with Gasteiger partial charge in [-0.3, -0.25) is 0 Å². The molecule has 1 aromatic carbocycles. The molecule has 1 aromatic rings. The van der Waals surface area contributed by atoms with Gasteiger partial charge in [-0.2, -0.15) is 0 Å². The highest BCUT2D eigenvalue weighted by atomic mass is 79.9. The Morgan fingerprint density at radius 1 is 1.30 bits per heavy atom. The topological polar surface area (TPSA) is 30.5 Å². The predicted molar refractivity (Wildman–Crippen MR) is 85.8 cm³/mol. The summed E-state index contributed by atoms with van der Waals surface area (Å²) in [5.41, 5.74) is 1.28. The lowest BCUT2D eigenvalue weighted by molar-refractivity contribution is 0.229. The van der Waals surface area contributed by atoms with Gasteiger partial charge < -0.3 is 14.8 Å². The van der Waals surface area contributed by atoms with Gasteiger partial charge in [-0.25, -0.2) is 0 Å². The van der Waals surface area contributed by atoms with E-state index in [2.05, 4.69) is 27.3 Å². The zero-order valence-electron chi connectivity index (χ0n) is 12.5. The molecule has 1 fully saturated rings. The molecule has 0 amide bonds. The average Bonchev–Trinajstić information content (AvgIpc) is 2.42. The van der Waals surface area contributed by atoms with Gasteiger partial charge in [-0.1, -0.05) is 22.4 Å². The number of hydrogen-bond acceptors (Lipinski definition) is 3.